The number of nitrogens with zero attached hydrogens (tertiary/aromatic N) is 4. The van der Waals surface area contributed by atoms with Gasteiger partial charge in [-0.25, -0.2) is 9.97 Å². The van der Waals surface area contributed by atoms with Crippen molar-refractivity contribution in [3.8, 4) is 11.3 Å². The van der Waals surface area contributed by atoms with Gasteiger partial charge in [0.1, 0.15) is 0 Å². The highest BCUT2D eigenvalue weighted by molar-refractivity contribution is 7.54. The van der Waals surface area contributed by atoms with Crippen LogP contribution >= 0.6 is 7.60 Å². The third-order valence-corrected chi connectivity index (χ3v) is 7.99. The predicted molar refractivity (Wildman–Crippen MR) is 140 cm³/mol. The van der Waals surface area contributed by atoms with Gasteiger partial charge in [0.2, 0.25) is 5.95 Å². The molecule has 0 spiro atoms. The number of hydrogen-bond donors (Lipinski definition) is 2. The smallest absolute Gasteiger partial charge is 0.367 e. The highest BCUT2D eigenvalue weighted by Crippen LogP contribution is 2.54. The van der Waals surface area contributed by atoms with Gasteiger partial charge in [0.25, 0.3) is 0 Å². The van der Waals surface area contributed by atoms with Crippen molar-refractivity contribution in [2.24, 2.45) is 0 Å². The standard InChI is InChI=1S/C25H33N6O4P/c1-4-34-36(32,35-5-2)25(31-13-15-33-16-14-31)28-21-9-8-19(3)23(17-21)30-24-27-12-10-22(29-24)20-7-6-11-26-18-20/h6-12,17-18,25,28H,4-5,13-16H2,1-3H3,(H,27,29,30). The lowest BCUT2D eigenvalue weighted by Gasteiger charge is -2.38. The molecule has 11 heteroatoms. The lowest BCUT2D eigenvalue weighted by Crippen LogP contribution is -2.47. The van der Waals surface area contributed by atoms with E-state index in [1.165, 1.54) is 0 Å². The summed E-state index contributed by atoms with van der Waals surface area (Å²) in [5, 5.41) is 6.73. The maximum Gasteiger partial charge on any atom is 0.367 e. The van der Waals surface area contributed by atoms with Gasteiger partial charge in [0.15, 0.2) is 5.91 Å². The molecule has 2 aromatic heterocycles. The number of rotatable bonds is 11. The molecule has 0 amide bonds. The van der Waals surface area contributed by atoms with Crippen LogP contribution in [0.5, 0.6) is 0 Å². The van der Waals surface area contributed by atoms with Crippen molar-refractivity contribution in [1.82, 2.24) is 19.9 Å². The highest BCUT2D eigenvalue weighted by atomic mass is 31.2. The summed E-state index contributed by atoms with van der Waals surface area (Å²) in [4.78, 5) is 15.3. The molecule has 36 heavy (non-hydrogen) atoms. The van der Waals surface area contributed by atoms with E-state index >= 15 is 0 Å². The summed E-state index contributed by atoms with van der Waals surface area (Å²) in [5.41, 5.74) is 4.28. The largest absolute Gasteiger partial charge is 0.379 e. The number of benzene rings is 1. The van der Waals surface area contributed by atoms with E-state index in [-0.39, 0.29) is 13.2 Å². The molecule has 1 unspecified atom stereocenters. The minimum atomic E-state index is -3.49. The fourth-order valence-corrected chi connectivity index (χ4v) is 5.96. The Hall–Kier alpha value is -2.88. The van der Waals surface area contributed by atoms with E-state index in [1.807, 2.05) is 57.2 Å². The predicted octanol–water partition coefficient (Wildman–Crippen LogP) is 4.88. The van der Waals surface area contributed by atoms with Crippen LogP contribution in [-0.4, -0.2) is 65.3 Å². The quantitative estimate of drug-likeness (QED) is 0.345. The number of ether oxygens (including phenoxy) is 1. The zero-order chi connectivity index (χ0) is 25.4. The van der Waals surface area contributed by atoms with Crippen LogP contribution < -0.4 is 10.6 Å². The number of nitrogens with one attached hydrogen (secondary N) is 2. The summed E-state index contributed by atoms with van der Waals surface area (Å²) in [6.07, 6.45) is 5.21. The minimum Gasteiger partial charge on any atom is -0.379 e. The lowest BCUT2D eigenvalue weighted by molar-refractivity contribution is 0.0285. The molecule has 1 aromatic carbocycles. The summed E-state index contributed by atoms with van der Waals surface area (Å²) in [7, 11) is -3.49. The number of aryl methyl sites for hydroxylation is 1. The van der Waals surface area contributed by atoms with Crippen molar-refractivity contribution in [3.63, 3.8) is 0 Å². The molecule has 0 aliphatic carbocycles. The third kappa shape index (κ3) is 6.46. The van der Waals surface area contributed by atoms with E-state index in [0.29, 0.717) is 32.3 Å². The van der Waals surface area contributed by atoms with Crippen molar-refractivity contribution >= 4 is 24.9 Å². The van der Waals surface area contributed by atoms with Gasteiger partial charge in [-0.05, 0) is 56.7 Å². The van der Waals surface area contributed by atoms with Crippen molar-refractivity contribution in [1.29, 1.82) is 0 Å². The Kier molecular flexibility index (Phi) is 9.01. The van der Waals surface area contributed by atoms with E-state index in [1.54, 1.807) is 18.6 Å². The maximum absolute atomic E-state index is 13.8. The molecule has 1 fully saturated rings. The van der Waals surface area contributed by atoms with Crippen LogP contribution in [0.4, 0.5) is 17.3 Å². The monoisotopic (exact) mass is 512 g/mol. The molecule has 4 rings (SSSR count). The molecule has 192 valence electrons. The second-order valence-electron chi connectivity index (χ2n) is 8.20. The van der Waals surface area contributed by atoms with E-state index in [9.17, 15) is 4.57 Å². The molecule has 0 radical (unpaired) electrons. The number of morpholine rings is 1. The zero-order valence-corrected chi connectivity index (χ0v) is 21.8. The Morgan fingerprint density at radius 1 is 1.11 bits per heavy atom. The molecule has 1 saturated heterocycles. The fourth-order valence-electron chi connectivity index (χ4n) is 3.94. The second kappa shape index (κ2) is 12.4. The highest BCUT2D eigenvalue weighted by Gasteiger charge is 2.40. The van der Waals surface area contributed by atoms with Gasteiger partial charge < -0.3 is 24.4 Å². The van der Waals surface area contributed by atoms with Crippen LogP contribution in [-0.2, 0) is 18.3 Å². The summed E-state index contributed by atoms with van der Waals surface area (Å²) in [5.74, 6) is -0.183. The van der Waals surface area contributed by atoms with E-state index in [2.05, 4.69) is 30.5 Å². The van der Waals surface area contributed by atoms with Crippen LogP contribution in [0.2, 0.25) is 0 Å². The van der Waals surface area contributed by atoms with E-state index < -0.39 is 13.5 Å². The number of pyridine rings is 1. The number of hydrogen-bond acceptors (Lipinski definition) is 10. The van der Waals surface area contributed by atoms with E-state index in [0.717, 1.165) is 28.2 Å². The Labute approximate surface area is 212 Å². The zero-order valence-electron chi connectivity index (χ0n) is 20.9. The fraction of sp³-hybridized carbons (Fsp3) is 0.400. The molecule has 1 aliphatic heterocycles. The maximum atomic E-state index is 13.8. The molecule has 10 nitrogen and oxygen atoms in total. The first-order chi connectivity index (χ1) is 17.5. The molecule has 3 heterocycles. The number of aromatic nitrogens is 3. The SMILES string of the molecule is CCOP(=O)(OCC)C(Nc1ccc(C)c(Nc2nccc(-c3cccnc3)n2)c1)N1CCOCC1. The van der Waals surface area contributed by atoms with Gasteiger partial charge in [0, 0.05) is 48.6 Å². The molecule has 2 N–H and O–H groups in total. The summed E-state index contributed by atoms with van der Waals surface area (Å²) in [6.45, 7) is 8.55. The second-order valence-corrected chi connectivity index (χ2v) is 10.3. The molecular weight excluding hydrogens is 479 g/mol. The Morgan fingerprint density at radius 3 is 2.58 bits per heavy atom. The Balaban J connectivity index is 1.59. The first-order valence-electron chi connectivity index (χ1n) is 12.1. The van der Waals surface area contributed by atoms with Crippen LogP contribution in [0, 0.1) is 6.92 Å². The average molecular weight is 513 g/mol. The first kappa shape index (κ1) is 26.2. The number of anilines is 3. The van der Waals surface area contributed by atoms with Crippen molar-refractivity contribution in [2.75, 3.05) is 50.2 Å². The summed E-state index contributed by atoms with van der Waals surface area (Å²) in [6, 6.07) is 11.6. The minimum absolute atomic E-state index is 0.283. The van der Waals surface area contributed by atoms with Crippen LogP contribution in [0.1, 0.15) is 19.4 Å². The van der Waals surface area contributed by atoms with Crippen LogP contribution in [0.3, 0.4) is 0 Å². The molecule has 0 bridgehead atoms. The van der Waals surface area contributed by atoms with Crippen molar-refractivity contribution in [3.05, 3.63) is 60.6 Å². The first-order valence-corrected chi connectivity index (χ1v) is 13.7. The summed E-state index contributed by atoms with van der Waals surface area (Å²) >= 11 is 0. The Bertz CT molecular complexity index is 1170. The topological polar surface area (TPSA) is 111 Å². The Morgan fingerprint density at radius 2 is 1.89 bits per heavy atom. The van der Waals surface area contributed by atoms with Crippen LogP contribution in [0.15, 0.2) is 55.0 Å². The van der Waals surface area contributed by atoms with Gasteiger partial charge in [-0.1, -0.05) is 6.07 Å². The molecule has 3 aromatic rings. The third-order valence-electron chi connectivity index (χ3n) is 5.70. The van der Waals surface area contributed by atoms with Gasteiger partial charge >= 0.3 is 7.60 Å². The molecule has 1 aliphatic rings. The summed E-state index contributed by atoms with van der Waals surface area (Å²) < 4.78 is 30.7. The average Bonchev–Trinajstić information content (AvgIpc) is 2.90. The van der Waals surface area contributed by atoms with Crippen molar-refractivity contribution in [2.45, 2.75) is 26.7 Å². The van der Waals surface area contributed by atoms with Crippen molar-refractivity contribution < 1.29 is 18.3 Å². The van der Waals surface area contributed by atoms with Gasteiger partial charge in [-0.2, -0.15) is 0 Å². The van der Waals surface area contributed by atoms with Gasteiger partial charge in [0.05, 0.1) is 32.1 Å². The molecule has 0 saturated carbocycles. The van der Waals surface area contributed by atoms with E-state index in [4.69, 9.17) is 13.8 Å². The van der Waals surface area contributed by atoms with Gasteiger partial charge in [-0.15, -0.1) is 0 Å². The normalized spacial score (nSPS) is 15.4. The van der Waals surface area contributed by atoms with Gasteiger partial charge in [-0.3, -0.25) is 14.4 Å². The van der Waals surface area contributed by atoms with Crippen LogP contribution in [0.25, 0.3) is 11.3 Å². The molecular formula is C25H33N6O4P. The molecule has 1 atom stereocenters. The lowest BCUT2D eigenvalue weighted by atomic mass is 10.2.